The van der Waals surface area contributed by atoms with Crippen LogP contribution in [0.4, 0.5) is 10.1 Å². The van der Waals surface area contributed by atoms with Crippen LogP contribution in [0.2, 0.25) is 0 Å². The maximum Gasteiger partial charge on any atom is 0.122 e. The van der Waals surface area contributed by atoms with Crippen LogP contribution in [0.15, 0.2) is 29.4 Å². The molecule has 0 spiro atoms. The zero-order valence-electron chi connectivity index (χ0n) is 7.78. The Labute approximate surface area is 82.0 Å². The van der Waals surface area contributed by atoms with Crippen molar-refractivity contribution in [2.45, 2.75) is 13.1 Å². The Kier molecular flexibility index (Phi) is 2.35. The molecule has 2 N–H and O–H groups in total. The van der Waals surface area contributed by atoms with E-state index in [9.17, 15) is 4.39 Å². The van der Waals surface area contributed by atoms with E-state index in [1.54, 1.807) is 17.1 Å². The van der Waals surface area contributed by atoms with Crippen molar-refractivity contribution < 1.29 is 4.39 Å². The van der Waals surface area contributed by atoms with Crippen LogP contribution in [0.25, 0.3) is 0 Å². The highest BCUT2D eigenvalue weighted by atomic mass is 19.1. The molecule has 1 aliphatic rings. The number of alkyl halides is 1. The van der Waals surface area contributed by atoms with Crippen LogP contribution >= 0.6 is 0 Å². The van der Waals surface area contributed by atoms with Crippen molar-refractivity contribution in [3.8, 4) is 0 Å². The van der Waals surface area contributed by atoms with Crippen LogP contribution in [-0.4, -0.2) is 12.4 Å². The lowest BCUT2D eigenvalue weighted by Gasteiger charge is -2.13. The van der Waals surface area contributed by atoms with Crippen LogP contribution in [-0.2, 0) is 6.67 Å². The molecule has 0 radical (unpaired) electrons. The van der Waals surface area contributed by atoms with E-state index < -0.39 is 6.67 Å². The normalized spacial score (nSPS) is 15.8. The summed E-state index contributed by atoms with van der Waals surface area (Å²) in [5.74, 6) is 0.635. The van der Waals surface area contributed by atoms with Crippen molar-refractivity contribution in [1.82, 2.24) is 0 Å². The molecule has 0 unspecified atom stereocenters. The van der Waals surface area contributed by atoms with E-state index >= 15 is 0 Å². The van der Waals surface area contributed by atoms with Crippen LogP contribution in [0.5, 0.6) is 0 Å². The van der Waals surface area contributed by atoms with Crippen molar-refractivity contribution in [2.24, 2.45) is 10.8 Å². The summed E-state index contributed by atoms with van der Waals surface area (Å²) < 4.78 is 12.4. The number of hydrazone groups is 1. The third-order valence-corrected chi connectivity index (χ3v) is 2.19. The molecular formula is C10H12FN3. The standard InChI is InChI=1S/C10H12FN3/c11-7-8-2-1-3-9(6-8)14-5-4-10(12)13-14/h1-3,6H,4-5,7H2,(H2,12,13). The summed E-state index contributed by atoms with van der Waals surface area (Å²) in [4.78, 5) is 0. The summed E-state index contributed by atoms with van der Waals surface area (Å²) in [6, 6.07) is 7.28. The molecule has 0 aromatic heterocycles. The lowest BCUT2D eigenvalue weighted by Crippen LogP contribution is -2.11. The Hall–Kier alpha value is -1.58. The van der Waals surface area contributed by atoms with Crippen molar-refractivity contribution in [3.05, 3.63) is 29.8 Å². The highest BCUT2D eigenvalue weighted by Crippen LogP contribution is 2.20. The molecule has 3 nitrogen and oxygen atoms in total. The number of amidine groups is 1. The molecule has 0 saturated carbocycles. The topological polar surface area (TPSA) is 41.6 Å². The van der Waals surface area contributed by atoms with E-state index in [2.05, 4.69) is 5.10 Å². The minimum absolute atomic E-state index is 0.444. The zero-order chi connectivity index (χ0) is 9.97. The molecule has 0 atom stereocenters. The van der Waals surface area contributed by atoms with E-state index in [0.717, 1.165) is 18.7 Å². The van der Waals surface area contributed by atoms with Gasteiger partial charge in [0.1, 0.15) is 12.5 Å². The van der Waals surface area contributed by atoms with Gasteiger partial charge in [-0.25, -0.2) is 4.39 Å². The number of nitrogens with two attached hydrogens (primary N) is 1. The predicted octanol–water partition coefficient (Wildman–Crippen LogP) is 1.64. The Morgan fingerprint density at radius 3 is 3.00 bits per heavy atom. The summed E-state index contributed by atoms with van der Waals surface area (Å²) in [6.07, 6.45) is 0.778. The molecule has 74 valence electrons. The minimum atomic E-state index is -0.444. The molecule has 0 bridgehead atoms. The third-order valence-electron chi connectivity index (χ3n) is 2.19. The summed E-state index contributed by atoms with van der Waals surface area (Å²) in [5.41, 5.74) is 7.14. The summed E-state index contributed by atoms with van der Waals surface area (Å²) in [6.45, 7) is 0.336. The number of halogens is 1. The largest absolute Gasteiger partial charge is 0.386 e. The second-order valence-electron chi connectivity index (χ2n) is 3.27. The Balaban J connectivity index is 2.24. The number of hydrogen-bond donors (Lipinski definition) is 1. The van der Waals surface area contributed by atoms with E-state index in [4.69, 9.17) is 5.73 Å². The van der Waals surface area contributed by atoms with Crippen molar-refractivity contribution in [3.63, 3.8) is 0 Å². The molecule has 1 aliphatic heterocycles. The van der Waals surface area contributed by atoms with E-state index in [1.807, 2.05) is 12.1 Å². The highest BCUT2D eigenvalue weighted by molar-refractivity contribution is 5.84. The average Bonchev–Trinajstić information content (AvgIpc) is 2.65. The predicted molar refractivity (Wildman–Crippen MR) is 54.8 cm³/mol. The van der Waals surface area contributed by atoms with Gasteiger partial charge in [-0.1, -0.05) is 12.1 Å². The van der Waals surface area contributed by atoms with Crippen LogP contribution in [0, 0.1) is 0 Å². The number of benzene rings is 1. The van der Waals surface area contributed by atoms with E-state index in [-0.39, 0.29) is 0 Å². The lowest BCUT2D eigenvalue weighted by atomic mass is 10.2. The quantitative estimate of drug-likeness (QED) is 0.775. The minimum Gasteiger partial charge on any atom is -0.386 e. The van der Waals surface area contributed by atoms with Gasteiger partial charge >= 0.3 is 0 Å². The van der Waals surface area contributed by atoms with Gasteiger partial charge in [0.25, 0.3) is 0 Å². The average molecular weight is 193 g/mol. The van der Waals surface area contributed by atoms with Gasteiger partial charge in [-0.3, -0.25) is 5.01 Å². The summed E-state index contributed by atoms with van der Waals surface area (Å²) >= 11 is 0. The number of anilines is 1. The van der Waals surface area contributed by atoms with Gasteiger partial charge in [0.15, 0.2) is 0 Å². The molecule has 0 fully saturated rings. The van der Waals surface area contributed by atoms with Gasteiger partial charge in [0, 0.05) is 13.0 Å². The van der Waals surface area contributed by atoms with Gasteiger partial charge in [-0.15, -0.1) is 0 Å². The molecule has 0 aliphatic carbocycles. The summed E-state index contributed by atoms with van der Waals surface area (Å²) in [7, 11) is 0. The van der Waals surface area contributed by atoms with Crippen molar-refractivity contribution in [2.75, 3.05) is 11.6 Å². The van der Waals surface area contributed by atoms with Gasteiger partial charge in [-0.05, 0) is 17.7 Å². The first-order valence-corrected chi connectivity index (χ1v) is 4.55. The Bertz CT molecular complexity index is 362. The first-order chi connectivity index (χ1) is 6.79. The first kappa shape index (κ1) is 8.99. The molecule has 1 aromatic rings. The molecule has 0 saturated heterocycles. The molecule has 14 heavy (non-hydrogen) atoms. The molecule has 1 aromatic carbocycles. The molecule has 2 rings (SSSR count). The molecule has 1 heterocycles. The lowest BCUT2D eigenvalue weighted by molar-refractivity contribution is 0.485. The number of hydrogen-bond acceptors (Lipinski definition) is 3. The second-order valence-corrected chi connectivity index (χ2v) is 3.27. The van der Waals surface area contributed by atoms with Gasteiger partial charge in [0.05, 0.1) is 5.69 Å². The van der Waals surface area contributed by atoms with Crippen molar-refractivity contribution >= 4 is 11.5 Å². The smallest absolute Gasteiger partial charge is 0.122 e. The fourth-order valence-electron chi connectivity index (χ4n) is 1.46. The number of rotatable bonds is 2. The molecular weight excluding hydrogens is 181 g/mol. The fraction of sp³-hybridized carbons (Fsp3) is 0.300. The van der Waals surface area contributed by atoms with Crippen molar-refractivity contribution in [1.29, 1.82) is 0 Å². The van der Waals surface area contributed by atoms with Gasteiger partial charge in [-0.2, -0.15) is 5.10 Å². The highest BCUT2D eigenvalue weighted by Gasteiger charge is 2.13. The first-order valence-electron chi connectivity index (χ1n) is 4.55. The Morgan fingerprint density at radius 1 is 1.50 bits per heavy atom. The fourth-order valence-corrected chi connectivity index (χ4v) is 1.46. The van der Waals surface area contributed by atoms with Gasteiger partial charge < -0.3 is 5.73 Å². The molecule has 0 amide bonds. The third kappa shape index (κ3) is 1.69. The van der Waals surface area contributed by atoms with E-state index in [1.165, 1.54) is 0 Å². The zero-order valence-corrected chi connectivity index (χ0v) is 7.78. The van der Waals surface area contributed by atoms with E-state index in [0.29, 0.717) is 11.4 Å². The summed E-state index contributed by atoms with van der Waals surface area (Å²) in [5, 5.41) is 5.94. The SMILES string of the molecule is NC1=NN(c2cccc(CF)c2)CC1. The Morgan fingerprint density at radius 2 is 2.36 bits per heavy atom. The molecule has 4 heteroatoms. The second kappa shape index (κ2) is 3.65. The maximum atomic E-state index is 12.4. The van der Waals surface area contributed by atoms with Crippen LogP contribution in [0.1, 0.15) is 12.0 Å². The van der Waals surface area contributed by atoms with Crippen LogP contribution < -0.4 is 10.7 Å². The van der Waals surface area contributed by atoms with Gasteiger partial charge in [0.2, 0.25) is 0 Å². The monoisotopic (exact) mass is 193 g/mol. The maximum absolute atomic E-state index is 12.4. The number of nitrogens with zero attached hydrogens (tertiary/aromatic N) is 2. The van der Waals surface area contributed by atoms with Crippen LogP contribution in [0.3, 0.4) is 0 Å².